The van der Waals surface area contributed by atoms with Gasteiger partial charge in [-0.3, -0.25) is 4.79 Å². The number of aryl methyl sites for hydroxylation is 1. The Morgan fingerprint density at radius 1 is 1.33 bits per heavy atom. The van der Waals surface area contributed by atoms with Crippen molar-refractivity contribution >= 4 is 15.9 Å². The minimum atomic E-state index is 0. The Morgan fingerprint density at radius 2 is 2.06 bits per heavy atom. The smallest absolute Gasteiger partial charge is 0.194 e. The normalized spacial score (nSPS) is 9.94. The molecule has 4 heteroatoms. The Labute approximate surface area is 140 Å². The van der Waals surface area contributed by atoms with E-state index in [1.54, 1.807) is 16.7 Å². The van der Waals surface area contributed by atoms with Crippen molar-refractivity contribution in [2.75, 3.05) is 0 Å². The van der Waals surface area contributed by atoms with Crippen LogP contribution < -0.4 is 5.56 Å². The van der Waals surface area contributed by atoms with Crippen LogP contribution >= 0.6 is 15.9 Å². The zero-order valence-electron chi connectivity index (χ0n) is 10.4. The zero-order valence-corrected chi connectivity index (χ0v) is 14.8. The van der Waals surface area contributed by atoms with Gasteiger partial charge in [-0.25, -0.2) is 0 Å². The molecular formula is C14H13BrNOY-. The number of hydrogen-bond donors (Lipinski definition) is 0. The summed E-state index contributed by atoms with van der Waals surface area (Å²) in [5.41, 5.74) is 3.05. The molecule has 0 N–H and O–H groups in total. The van der Waals surface area contributed by atoms with E-state index in [4.69, 9.17) is 0 Å². The summed E-state index contributed by atoms with van der Waals surface area (Å²) in [4.78, 5) is 11.8. The Hall–Kier alpha value is -0.246. The van der Waals surface area contributed by atoms with Crippen molar-refractivity contribution in [3.05, 3.63) is 56.8 Å². The summed E-state index contributed by atoms with van der Waals surface area (Å²) < 4.78 is 2.77. The first-order valence-corrected chi connectivity index (χ1v) is 6.31. The molecule has 1 heterocycles. The second kappa shape index (κ2) is 6.79. The SMILES string of the molecule is CCn1c(-c2ccc(Br)cc2C)[c-]ccc1=O.[Y]. The van der Waals surface area contributed by atoms with E-state index in [0.717, 1.165) is 21.3 Å². The first kappa shape index (κ1) is 15.8. The quantitative estimate of drug-likeness (QED) is 0.733. The number of pyridine rings is 1. The minimum absolute atomic E-state index is 0. The molecule has 0 aliphatic rings. The van der Waals surface area contributed by atoms with E-state index in [1.807, 2.05) is 32.0 Å². The van der Waals surface area contributed by atoms with Crippen LogP contribution in [0.1, 0.15) is 12.5 Å². The molecular weight excluding hydrogens is 367 g/mol. The summed E-state index contributed by atoms with van der Waals surface area (Å²) in [5.74, 6) is 0. The standard InChI is InChI=1S/C14H13BrNO.Y/c1-3-16-13(5-4-6-14(16)17)12-8-7-11(15)9-10(12)2;/h4,6-9H,3H2,1-2H3;/q-1;. The minimum Gasteiger partial charge on any atom is -0.343 e. The first-order valence-electron chi connectivity index (χ1n) is 5.51. The zero-order chi connectivity index (χ0) is 12.4. The van der Waals surface area contributed by atoms with Crippen molar-refractivity contribution in [2.45, 2.75) is 20.4 Å². The molecule has 0 spiro atoms. The van der Waals surface area contributed by atoms with E-state index in [1.165, 1.54) is 0 Å². The monoisotopic (exact) mass is 379 g/mol. The van der Waals surface area contributed by atoms with Gasteiger partial charge in [0.05, 0.1) is 0 Å². The van der Waals surface area contributed by atoms with Gasteiger partial charge in [-0.1, -0.05) is 57.9 Å². The molecule has 0 amide bonds. The number of rotatable bonds is 2. The molecule has 2 nitrogen and oxygen atoms in total. The van der Waals surface area contributed by atoms with Crippen molar-refractivity contribution < 1.29 is 32.7 Å². The fraction of sp³-hybridized carbons (Fsp3) is 0.214. The van der Waals surface area contributed by atoms with Crippen LogP contribution in [0.3, 0.4) is 0 Å². The predicted molar refractivity (Wildman–Crippen MR) is 73.1 cm³/mol. The maximum absolute atomic E-state index is 11.8. The number of benzene rings is 1. The fourth-order valence-corrected chi connectivity index (χ4v) is 2.38. The molecule has 0 saturated heterocycles. The summed E-state index contributed by atoms with van der Waals surface area (Å²) >= 11 is 3.44. The van der Waals surface area contributed by atoms with E-state index in [0.29, 0.717) is 6.54 Å². The van der Waals surface area contributed by atoms with Crippen LogP contribution in [0.4, 0.5) is 0 Å². The topological polar surface area (TPSA) is 22.0 Å². The maximum Gasteiger partial charge on any atom is 0.194 e. The van der Waals surface area contributed by atoms with Gasteiger partial charge in [0, 0.05) is 43.7 Å². The van der Waals surface area contributed by atoms with Crippen LogP contribution in [0.2, 0.25) is 0 Å². The Balaban J connectivity index is 0.00000162. The number of nitrogens with zero attached hydrogens (tertiary/aromatic N) is 1. The third-order valence-corrected chi connectivity index (χ3v) is 3.23. The molecule has 0 atom stereocenters. The predicted octanol–water partition coefficient (Wildman–Crippen LogP) is 3.40. The summed E-state index contributed by atoms with van der Waals surface area (Å²) in [6.45, 7) is 4.65. The second-order valence-corrected chi connectivity index (χ2v) is 4.78. The van der Waals surface area contributed by atoms with Gasteiger partial charge >= 0.3 is 0 Å². The van der Waals surface area contributed by atoms with Crippen molar-refractivity contribution in [1.29, 1.82) is 0 Å². The van der Waals surface area contributed by atoms with Crippen LogP contribution in [-0.4, -0.2) is 4.57 Å². The van der Waals surface area contributed by atoms with Gasteiger partial charge in [-0.2, -0.15) is 12.1 Å². The second-order valence-electron chi connectivity index (χ2n) is 3.87. The van der Waals surface area contributed by atoms with Gasteiger partial charge in [-0.15, -0.1) is 6.07 Å². The largest absolute Gasteiger partial charge is 0.343 e. The van der Waals surface area contributed by atoms with E-state index < -0.39 is 0 Å². The molecule has 1 aromatic carbocycles. The van der Waals surface area contributed by atoms with Crippen LogP contribution in [0.15, 0.2) is 39.6 Å². The van der Waals surface area contributed by atoms with E-state index in [9.17, 15) is 4.79 Å². The first-order chi connectivity index (χ1) is 8.13. The van der Waals surface area contributed by atoms with E-state index >= 15 is 0 Å². The van der Waals surface area contributed by atoms with Crippen molar-refractivity contribution in [3.63, 3.8) is 0 Å². The Kier molecular flexibility index (Phi) is 5.96. The van der Waals surface area contributed by atoms with Gasteiger partial charge in [0.2, 0.25) is 0 Å². The van der Waals surface area contributed by atoms with Crippen molar-refractivity contribution in [3.8, 4) is 11.3 Å². The van der Waals surface area contributed by atoms with Crippen molar-refractivity contribution in [1.82, 2.24) is 4.57 Å². The molecule has 91 valence electrons. The third kappa shape index (κ3) is 3.20. The maximum atomic E-state index is 11.8. The molecule has 0 bridgehead atoms. The number of aromatic nitrogens is 1. The summed E-state index contributed by atoms with van der Waals surface area (Å²) in [6.07, 6.45) is 0. The van der Waals surface area contributed by atoms with Gasteiger partial charge in [-0.05, 0) is 6.92 Å². The molecule has 18 heavy (non-hydrogen) atoms. The Morgan fingerprint density at radius 3 is 2.67 bits per heavy atom. The van der Waals surface area contributed by atoms with Crippen LogP contribution in [0.5, 0.6) is 0 Å². The van der Waals surface area contributed by atoms with Gasteiger partial charge in [0.15, 0.2) is 5.56 Å². The summed E-state index contributed by atoms with van der Waals surface area (Å²) in [5, 5.41) is 0. The Bertz CT molecular complexity index is 607. The molecule has 1 radical (unpaired) electrons. The number of hydrogen-bond acceptors (Lipinski definition) is 1. The average molecular weight is 380 g/mol. The van der Waals surface area contributed by atoms with Crippen LogP contribution in [0.25, 0.3) is 11.3 Å². The molecule has 0 aliphatic carbocycles. The number of halogens is 1. The molecule has 0 aliphatic heterocycles. The van der Waals surface area contributed by atoms with E-state index in [-0.39, 0.29) is 38.3 Å². The molecule has 2 aromatic rings. The molecule has 0 unspecified atom stereocenters. The third-order valence-electron chi connectivity index (χ3n) is 2.74. The van der Waals surface area contributed by atoms with Gasteiger partial charge < -0.3 is 4.57 Å². The van der Waals surface area contributed by atoms with Gasteiger partial charge in [0.25, 0.3) is 0 Å². The summed E-state index contributed by atoms with van der Waals surface area (Å²) in [7, 11) is 0. The van der Waals surface area contributed by atoms with E-state index in [2.05, 4.69) is 22.0 Å². The fourth-order valence-electron chi connectivity index (χ4n) is 1.90. The molecule has 0 fully saturated rings. The molecule has 1 aromatic heterocycles. The van der Waals surface area contributed by atoms with Crippen LogP contribution in [0, 0.1) is 13.0 Å². The molecule has 0 saturated carbocycles. The average Bonchev–Trinajstić information content (AvgIpc) is 2.29. The summed E-state index contributed by atoms with van der Waals surface area (Å²) in [6, 6.07) is 12.4. The van der Waals surface area contributed by atoms with Crippen LogP contribution in [-0.2, 0) is 39.3 Å². The van der Waals surface area contributed by atoms with Crippen molar-refractivity contribution in [2.24, 2.45) is 0 Å². The molecule has 2 rings (SSSR count). The van der Waals surface area contributed by atoms with Gasteiger partial charge in [0.1, 0.15) is 0 Å².